The van der Waals surface area contributed by atoms with Gasteiger partial charge in [-0.3, -0.25) is 9.59 Å². The lowest BCUT2D eigenvalue weighted by Crippen LogP contribution is -2.47. The van der Waals surface area contributed by atoms with E-state index in [0.717, 1.165) is 61.3 Å². The van der Waals surface area contributed by atoms with Gasteiger partial charge in [0.05, 0.1) is 13.1 Å². The van der Waals surface area contributed by atoms with Gasteiger partial charge in [-0.25, -0.2) is 4.39 Å². The zero-order chi connectivity index (χ0) is 25.9. The van der Waals surface area contributed by atoms with E-state index in [1.54, 1.807) is 23.5 Å². The van der Waals surface area contributed by atoms with Crippen LogP contribution in [0.1, 0.15) is 68.4 Å². The van der Waals surface area contributed by atoms with Crippen molar-refractivity contribution >= 4 is 23.2 Å². The molecule has 0 aliphatic carbocycles. The van der Waals surface area contributed by atoms with E-state index in [2.05, 4.69) is 31.7 Å². The Labute approximate surface area is 220 Å². The van der Waals surface area contributed by atoms with Gasteiger partial charge in [-0.1, -0.05) is 38.8 Å². The molecule has 0 radical (unpaired) electrons. The summed E-state index contributed by atoms with van der Waals surface area (Å²) in [5.74, 6) is -0.289. The first-order valence-electron chi connectivity index (χ1n) is 13.5. The molecule has 1 aromatic heterocycles. The van der Waals surface area contributed by atoms with Crippen molar-refractivity contribution in [3.8, 4) is 0 Å². The van der Waals surface area contributed by atoms with E-state index in [1.807, 2.05) is 15.2 Å². The highest BCUT2D eigenvalue weighted by Gasteiger charge is 2.27. The summed E-state index contributed by atoms with van der Waals surface area (Å²) in [6.45, 7) is 10.7. The minimum absolute atomic E-state index is 0.0404. The number of carbonyl (C=O) groups is 2. The van der Waals surface area contributed by atoms with E-state index in [1.165, 1.54) is 25.0 Å². The molecule has 3 rings (SSSR count). The molecule has 2 aromatic rings. The molecule has 0 unspecified atom stereocenters. The Kier molecular flexibility index (Phi) is 11.4. The fourth-order valence-electron chi connectivity index (χ4n) is 4.79. The first kappa shape index (κ1) is 28.3. The van der Waals surface area contributed by atoms with E-state index < -0.39 is 0 Å². The maximum atomic E-state index is 13.7. The molecule has 1 aromatic carbocycles. The number of rotatable bonds is 14. The van der Waals surface area contributed by atoms with Crippen LogP contribution in [0.25, 0.3) is 0 Å². The maximum Gasteiger partial charge on any atom is 0.242 e. The average molecular weight is 516 g/mol. The molecule has 2 amide bonds. The standard InChI is InChI=1S/C29H42FN3O2S/c1-4-6-9-25(5-2)29(35)32(18-17-31-15-7-8-16-31)22-28(34)33(21-27-23(3)14-19-36-27)20-24-10-12-26(30)13-11-24/h10-14,19,25H,4-9,15-18,20-22H2,1-3H3/t25-/m0/s1. The van der Waals surface area contributed by atoms with Gasteiger partial charge >= 0.3 is 0 Å². The van der Waals surface area contributed by atoms with Crippen LogP contribution in [0.3, 0.4) is 0 Å². The van der Waals surface area contributed by atoms with Gasteiger partial charge < -0.3 is 14.7 Å². The van der Waals surface area contributed by atoms with Gasteiger partial charge in [0.2, 0.25) is 11.8 Å². The molecule has 1 fully saturated rings. The van der Waals surface area contributed by atoms with Gasteiger partial charge in [0, 0.05) is 30.4 Å². The van der Waals surface area contributed by atoms with Crippen LogP contribution in [-0.4, -0.2) is 59.2 Å². The molecular weight excluding hydrogens is 473 g/mol. The molecule has 1 aliphatic heterocycles. The molecule has 0 spiro atoms. The topological polar surface area (TPSA) is 43.9 Å². The SMILES string of the molecule is CCCC[C@H](CC)C(=O)N(CCN1CCCC1)CC(=O)N(Cc1ccc(F)cc1)Cc1sccc1C. The minimum atomic E-state index is -0.290. The Morgan fingerprint density at radius 2 is 1.78 bits per heavy atom. The highest BCUT2D eigenvalue weighted by atomic mass is 32.1. The van der Waals surface area contributed by atoms with Crippen molar-refractivity contribution in [2.75, 3.05) is 32.7 Å². The number of hydrogen-bond donors (Lipinski definition) is 0. The summed E-state index contributed by atoms with van der Waals surface area (Å²) in [5.41, 5.74) is 2.03. The molecular formula is C29H42FN3O2S. The Balaban J connectivity index is 1.77. The maximum absolute atomic E-state index is 13.7. The predicted octanol–water partition coefficient (Wildman–Crippen LogP) is 5.87. The third-order valence-corrected chi connectivity index (χ3v) is 8.22. The molecule has 0 saturated carbocycles. The van der Waals surface area contributed by atoms with Crippen LogP contribution in [0.2, 0.25) is 0 Å². The molecule has 2 heterocycles. The van der Waals surface area contributed by atoms with Gasteiger partial charge in [-0.15, -0.1) is 11.3 Å². The number of unbranched alkanes of at least 4 members (excludes halogenated alkanes) is 1. The van der Waals surface area contributed by atoms with Crippen molar-refractivity contribution in [3.05, 3.63) is 57.5 Å². The largest absolute Gasteiger partial charge is 0.332 e. The average Bonchev–Trinajstić information content (AvgIpc) is 3.54. The summed E-state index contributed by atoms with van der Waals surface area (Å²) in [6, 6.07) is 8.38. The number of hydrogen-bond acceptors (Lipinski definition) is 4. The molecule has 36 heavy (non-hydrogen) atoms. The van der Waals surface area contributed by atoms with Crippen LogP contribution < -0.4 is 0 Å². The van der Waals surface area contributed by atoms with E-state index in [4.69, 9.17) is 0 Å². The third-order valence-electron chi connectivity index (χ3n) is 7.21. The number of carbonyl (C=O) groups excluding carboxylic acids is 2. The van der Waals surface area contributed by atoms with E-state index in [0.29, 0.717) is 19.6 Å². The molecule has 198 valence electrons. The zero-order valence-corrected chi connectivity index (χ0v) is 23.0. The minimum Gasteiger partial charge on any atom is -0.332 e. The van der Waals surface area contributed by atoms with Gasteiger partial charge in [0.1, 0.15) is 5.82 Å². The van der Waals surface area contributed by atoms with Crippen molar-refractivity contribution < 1.29 is 14.0 Å². The predicted molar refractivity (Wildman–Crippen MR) is 145 cm³/mol. The highest BCUT2D eigenvalue weighted by Crippen LogP contribution is 2.21. The van der Waals surface area contributed by atoms with Crippen LogP contribution in [0.15, 0.2) is 35.7 Å². The molecule has 1 saturated heterocycles. The summed E-state index contributed by atoms with van der Waals surface area (Å²) < 4.78 is 13.5. The van der Waals surface area contributed by atoms with Crippen LogP contribution in [0, 0.1) is 18.7 Å². The first-order chi connectivity index (χ1) is 17.4. The normalized spacial score (nSPS) is 14.7. The van der Waals surface area contributed by atoms with Gasteiger partial charge in [-0.05, 0) is 80.4 Å². The number of aryl methyl sites for hydroxylation is 1. The first-order valence-corrected chi connectivity index (χ1v) is 14.4. The van der Waals surface area contributed by atoms with Gasteiger partial charge in [-0.2, -0.15) is 0 Å². The van der Waals surface area contributed by atoms with Crippen LogP contribution in [0.5, 0.6) is 0 Å². The monoisotopic (exact) mass is 515 g/mol. The number of nitrogens with zero attached hydrogens (tertiary/aromatic N) is 3. The van der Waals surface area contributed by atoms with Crippen LogP contribution >= 0.6 is 11.3 Å². The quantitative estimate of drug-likeness (QED) is 0.316. The van der Waals surface area contributed by atoms with Crippen LogP contribution in [-0.2, 0) is 22.7 Å². The highest BCUT2D eigenvalue weighted by molar-refractivity contribution is 7.10. The molecule has 0 bridgehead atoms. The van der Waals surface area contributed by atoms with Crippen molar-refractivity contribution in [1.82, 2.24) is 14.7 Å². The molecule has 1 atom stereocenters. The molecule has 0 N–H and O–H groups in total. The second-order valence-corrected chi connectivity index (χ2v) is 11.0. The Hall–Kier alpha value is -2.25. The summed E-state index contributed by atoms with van der Waals surface area (Å²) >= 11 is 1.64. The number of halogens is 1. The third kappa shape index (κ3) is 8.41. The van der Waals surface area contributed by atoms with Crippen molar-refractivity contribution in [1.29, 1.82) is 0 Å². The summed E-state index contributed by atoms with van der Waals surface area (Å²) in [6.07, 6.45) is 6.14. The van der Waals surface area contributed by atoms with E-state index in [9.17, 15) is 14.0 Å². The Bertz CT molecular complexity index is 956. The number of amides is 2. The molecule has 7 heteroatoms. The Morgan fingerprint density at radius 3 is 2.39 bits per heavy atom. The van der Waals surface area contributed by atoms with Crippen molar-refractivity contribution in [2.45, 2.75) is 72.4 Å². The fourth-order valence-corrected chi connectivity index (χ4v) is 5.71. The summed E-state index contributed by atoms with van der Waals surface area (Å²) in [5, 5.41) is 2.04. The smallest absolute Gasteiger partial charge is 0.242 e. The second kappa shape index (κ2) is 14.5. The van der Waals surface area contributed by atoms with Crippen molar-refractivity contribution in [3.63, 3.8) is 0 Å². The summed E-state index contributed by atoms with van der Waals surface area (Å²) in [4.78, 5) is 34.5. The molecule has 1 aliphatic rings. The lowest BCUT2D eigenvalue weighted by molar-refractivity contribution is -0.144. The number of benzene rings is 1. The van der Waals surface area contributed by atoms with Crippen LogP contribution in [0.4, 0.5) is 4.39 Å². The summed E-state index contributed by atoms with van der Waals surface area (Å²) in [7, 11) is 0. The molecule has 5 nitrogen and oxygen atoms in total. The zero-order valence-electron chi connectivity index (χ0n) is 22.2. The van der Waals surface area contributed by atoms with E-state index >= 15 is 0 Å². The number of likely N-dealkylation sites (tertiary alicyclic amines) is 1. The van der Waals surface area contributed by atoms with Crippen molar-refractivity contribution in [2.24, 2.45) is 5.92 Å². The Morgan fingerprint density at radius 1 is 1.06 bits per heavy atom. The van der Waals surface area contributed by atoms with Gasteiger partial charge in [0.25, 0.3) is 0 Å². The lowest BCUT2D eigenvalue weighted by Gasteiger charge is -2.31. The van der Waals surface area contributed by atoms with E-state index in [-0.39, 0.29) is 30.1 Å². The second-order valence-electron chi connectivity index (χ2n) is 9.96. The van der Waals surface area contributed by atoms with Gasteiger partial charge in [0.15, 0.2) is 0 Å². The number of thiophene rings is 1. The fraction of sp³-hybridized carbons (Fsp3) is 0.586. The lowest BCUT2D eigenvalue weighted by atomic mass is 9.97.